The van der Waals surface area contributed by atoms with Crippen molar-refractivity contribution in [2.45, 2.75) is 50.0 Å². The number of carbonyl (C=O) groups is 1. The van der Waals surface area contributed by atoms with Crippen LogP contribution in [0.25, 0.3) is 0 Å². The smallest absolute Gasteiger partial charge is 0.330 e. The predicted octanol–water partition coefficient (Wildman–Crippen LogP) is 3.68. The predicted molar refractivity (Wildman–Crippen MR) is 158 cm³/mol. The normalized spacial score (nSPS) is 25.1. The van der Waals surface area contributed by atoms with Crippen LogP contribution in [0.2, 0.25) is 0 Å². The fourth-order valence-corrected chi connectivity index (χ4v) is 6.82. The second-order valence-corrected chi connectivity index (χ2v) is 10.8. The van der Waals surface area contributed by atoms with Gasteiger partial charge in [-0.15, -0.1) is 0 Å². The van der Waals surface area contributed by atoms with Crippen molar-refractivity contribution in [3.63, 3.8) is 0 Å². The Morgan fingerprint density at radius 2 is 1.48 bits per heavy atom. The maximum atomic E-state index is 12.8. The molecule has 1 saturated heterocycles. The first kappa shape index (κ1) is 29.4. The van der Waals surface area contributed by atoms with Crippen molar-refractivity contribution < 1.29 is 28.5 Å². The number of esters is 1. The molecule has 0 radical (unpaired) electrons. The first-order valence-electron chi connectivity index (χ1n) is 14.0. The highest BCUT2D eigenvalue weighted by Gasteiger charge is 2.54. The number of methoxy groups -OCH3 is 4. The van der Waals surface area contributed by atoms with Gasteiger partial charge in [0.1, 0.15) is 12.6 Å². The zero-order valence-electron chi connectivity index (χ0n) is 25.2. The van der Waals surface area contributed by atoms with Crippen LogP contribution in [0.3, 0.4) is 0 Å². The minimum Gasteiger partial charge on any atom is -0.493 e. The molecule has 2 aromatic carbocycles. The molecule has 0 aromatic heterocycles. The number of benzene rings is 2. The highest BCUT2D eigenvalue weighted by Crippen LogP contribution is 2.52. The molecule has 5 atom stereocenters. The topological polar surface area (TPSA) is 106 Å². The Kier molecular flexibility index (Phi) is 8.43. The largest absolute Gasteiger partial charge is 0.493 e. The first-order chi connectivity index (χ1) is 20.3. The molecular formula is C32H38N4O6. The molecule has 2 aromatic rings. The average Bonchev–Trinajstić information content (AvgIpc) is 3.01. The van der Waals surface area contributed by atoms with Crippen molar-refractivity contribution in [2.24, 2.45) is 4.99 Å². The SMILES string of the molecule is CN=C(C)/C=C/C(=O)OC[C@H]1c2cc(OC)c(OC)cc2CC2[C@H]3c4cc(OC)c(OC)cc4C[C@@H]([C@H](C#N)N21)N3C. The van der Waals surface area contributed by atoms with Crippen LogP contribution in [0.5, 0.6) is 23.0 Å². The van der Waals surface area contributed by atoms with Crippen molar-refractivity contribution in [1.82, 2.24) is 9.80 Å². The van der Waals surface area contributed by atoms with E-state index in [1.54, 1.807) is 41.6 Å². The van der Waals surface area contributed by atoms with Crippen molar-refractivity contribution in [3.05, 3.63) is 58.7 Å². The molecule has 3 aliphatic rings. The van der Waals surface area contributed by atoms with E-state index >= 15 is 0 Å². The van der Waals surface area contributed by atoms with Gasteiger partial charge in [-0.2, -0.15) is 5.26 Å². The van der Waals surface area contributed by atoms with Gasteiger partial charge >= 0.3 is 5.97 Å². The molecular weight excluding hydrogens is 536 g/mol. The minimum atomic E-state index is -0.466. The molecule has 2 bridgehead atoms. The maximum Gasteiger partial charge on any atom is 0.330 e. The zero-order chi connectivity index (χ0) is 30.1. The van der Waals surface area contributed by atoms with Gasteiger partial charge in [-0.3, -0.25) is 14.8 Å². The summed E-state index contributed by atoms with van der Waals surface area (Å²) in [5.41, 5.74) is 5.04. The van der Waals surface area contributed by atoms with E-state index in [1.807, 2.05) is 25.1 Å². The van der Waals surface area contributed by atoms with Gasteiger partial charge in [-0.1, -0.05) is 0 Å². The number of carbonyl (C=O) groups excluding carboxylic acids is 1. The van der Waals surface area contributed by atoms with Gasteiger partial charge in [0.2, 0.25) is 0 Å². The lowest BCUT2D eigenvalue weighted by Gasteiger charge is -2.59. The molecule has 0 N–H and O–H groups in total. The van der Waals surface area contributed by atoms with Gasteiger partial charge in [0.05, 0.1) is 46.6 Å². The monoisotopic (exact) mass is 574 g/mol. The molecule has 42 heavy (non-hydrogen) atoms. The van der Waals surface area contributed by atoms with Crippen molar-refractivity contribution in [3.8, 4) is 29.1 Å². The maximum absolute atomic E-state index is 12.8. The van der Waals surface area contributed by atoms with Crippen LogP contribution in [-0.4, -0.2) is 88.7 Å². The lowest BCUT2D eigenvalue weighted by Crippen LogP contribution is -2.68. The van der Waals surface area contributed by atoms with Gasteiger partial charge < -0.3 is 23.7 Å². The molecule has 0 spiro atoms. The second kappa shape index (κ2) is 12.0. The van der Waals surface area contributed by atoms with Crippen LogP contribution < -0.4 is 18.9 Å². The molecule has 5 rings (SSSR count). The number of hydrogen-bond acceptors (Lipinski definition) is 10. The summed E-state index contributed by atoms with van der Waals surface area (Å²) in [6, 6.07) is 9.67. The number of rotatable bonds is 8. The zero-order valence-corrected chi connectivity index (χ0v) is 25.2. The van der Waals surface area contributed by atoms with Gasteiger partial charge in [0.15, 0.2) is 23.0 Å². The van der Waals surface area contributed by atoms with Crippen LogP contribution in [0.1, 0.15) is 41.3 Å². The highest BCUT2D eigenvalue weighted by molar-refractivity contribution is 5.97. The molecule has 10 nitrogen and oxygen atoms in total. The molecule has 222 valence electrons. The number of ether oxygens (including phenoxy) is 5. The molecule has 0 amide bonds. The van der Waals surface area contributed by atoms with E-state index in [-0.39, 0.29) is 30.8 Å². The number of aliphatic imine (C=N–C) groups is 1. The molecule has 1 fully saturated rings. The van der Waals surface area contributed by atoms with Crippen LogP contribution in [0.4, 0.5) is 0 Å². The molecule has 3 aliphatic heterocycles. The van der Waals surface area contributed by atoms with Gasteiger partial charge in [-0.25, -0.2) is 4.79 Å². The first-order valence-corrected chi connectivity index (χ1v) is 14.0. The van der Waals surface area contributed by atoms with Crippen molar-refractivity contribution >= 4 is 11.7 Å². The summed E-state index contributed by atoms with van der Waals surface area (Å²) in [7, 11) is 10.3. The van der Waals surface area contributed by atoms with Crippen LogP contribution in [0, 0.1) is 11.3 Å². The number of nitriles is 1. The third-order valence-electron chi connectivity index (χ3n) is 8.91. The quantitative estimate of drug-likeness (QED) is 0.265. The fraction of sp³-hybridized carbons (Fsp3) is 0.469. The number of nitrogens with zero attached hydrogens (tertiary/aromatic N) is 4. The Morgan fingerprint density at radius 3 is 2.05 bits per heavy atom. The summed E-state index contributed by atoms with van der Waals surface area (Å²) in [6.07, 6.45) is 4.35. The lowest BCUT2D eigenvalue weighted by atomic mass is 9.72. The summed E-state index contributed by atoms with van der Waals surface area (Å²) in [5.74, 6) is 2.10. The van der Waals surface area contributed by atoms with Crippen LogP contribution in [-0.2, 0) is 22.4 Å². The standard InChI is InChI=1S/C32H38N4O6/c1-18(34-2)8-9-31(37)42-17-26-21-14-29(40-6)27(38-4)12-19(21)11-24-32-22-15-30(41-7)28(39-5)13-20(22)10-23(35(32)3)25(16-33)36(24)26/h8-9,12-15,23-26,32H,10-11,17H2,1-7H3/b9-8+,34-18?/t23-,24?,25-,26-,32+/m0/s1. The van der Waals surface area contributed by atoms with E-state index in [0.29, 0.717) is 41.6 Å². The van der Waals surface area contributed by atoms with Gasteiger partial charge in [-0.05, 0) is 79.4 Å². The summed E-state index contributed by atoms with van der Waals surface area (Å²) in [6.45, 7) is 1.89. The van der Waals surface area contributed by atoms with Crippen LogP contribution >= 0.6 is 0 Å². The molecule has 0 saturated carbocycles. The van der Waals surface area contributed by atoms with E-state index in [4.69, 9.17) is 23.7 Å². The molecule has 0 aliphatic carbocycles. The number of likely N-dealkylation sites (N-methyl/N-ethyl adjacent to an activating group) is 1. The summed E-state index contributed by atoms with van der Waals surface area (Å²) < 4.78 is 28.5. The Labute approximate surface area is 247 Å². The highest BCUT2D eigenvalue weighted by atomic mass is 16.5. The summed E-state index contributed by atoms with van der Waals surface area (Å²) in [5, 5.41) is 10.6. The Bertz CT molecular complexity index is 1460. The number of hydrogen-bond donors (Lipinski definition) is 0. The molecule has 1 unspecified atom stereocenters. The van der Waals surface area contributed by atoms with E-state index in [2.05, 4.69) is 34.0 Å². The Balaban J connectivity index is 1.63. The summed E-state index contributed by atoms with van der Waals surface area (Å²) in [4.78, 5) is 21.4. The summed E-state index contributed by atoms with van der Waals surface area (Å²) >= 11 is 0. The van der Waals surface area contributed by atoms with Crippen molar-refractivity contribution in [2.75, 3.05) is 49.1 Å². The third-order valence-corrected chi connectivity index (χ3v) is 8.91. The van der Waals surface area contributed by atoms with Gasteiger partial charge in [0.25, 0.3) is 0 Å². The van der Waals surface area contributed by atoms with E-state index in [0.717, 1.165) is 22.3 Å². The number of fused-ring (bicyclic) bond motifs is 7. The van der Waals surface area contributed by atoms with Crippen molar-refractivity contribution in [1.29, 1.82) is 5.26 Å². The van der Waals surface area contributed by atoms with Crippen LogP contribution in [0.15, 0.2) is 41.4 Å². The molecule has 10 heteroatoms. The lowest BCUT2D eigenvalue weighted by molar-refractivity contribution is -0.143. The number of piperazine rings is 1. The number of allylic oxidation sites excluding steroid dienone is 1. The fourth-order valence-electron chi connectivity index (χ4n) is 6.82. The molecule has 3 heterocycles. The third kappa shape index (κ3) is 4.97. The van der Waals surface area contributed by atoms with Gasteiger partial charge in [0, 0.05) is 30.9 Å². The second-order valence-electron chi connectivity index (χ2n) is 10.8. The minimum absolute atomic E-state index is 0.0362. The Hall–Kier alpha value is -4.07. The Morgan fingerprint density at radius 1 is 0.929 bits per heavy atom. The van der Waals surface area contributed by atoms with E-state index in [1.165, 1.54) is 6.08 Å². The van der Waals surface area contributed by atoms with E-state index < -0.39 is 12.0 Å². The average molecular weight is 575 g/mol. The van der Waals surface area contributed by atoms with E-state index in [9.17, 15) is 10.1 Å².